The Morgan fingerprint density at radius 1 is 1.26 bits per heavy atom. The number of hydrogen-bond donors (Lipinski definition) is 2. The third kappa shape index (κ3) is 6.84. The number of carboxylic acids is 1. The predicted octanol–water partition coefficient (Wildman–Crippen LogP) is 2.63. The van der Waals surface area contributed by atoms with Crippen molar-refractivity contribution < 1.29 is 14.7 Å². The molecule has 0 aromatic rings. The van der Waals surface area contributed by atoms with E-state index in [1.54, 1.807) is 11.0 Å². The first-order valence-corrected chi connectivity index (χ1v) is 6.42. The zero-order valence-electron chi connectivity index (χ0n) is 12.6. The molecule has 0 aromatic carbocycles. The molecule has 0 fully saturated rings. The van der Waals surface area contributed by atoms with Crippen molar-refractivity contribution in [2.24, 2.45) is 0 Å². The van der Waals surface area contributed by atoms with Crippen LogP contribution in [-0.4, -0.2) is 39.6 Å². The molecule has 0 rings (SSSR count). The minimum atomic E-state index is -0.860. The largest absolute Gasteiger partial charge is 0.481 e. The van der Waals surface area contributed by atoms with Gasteiger partial charge in [0.1, 0.15) is 0 Å². The van der Waals surface area contributed by atoms with Crippen molar-refractivity contribution in [1.82, 2.24) is 10.2 Å². The highest BCUT2D eigenvalue weighted by molar-refractivity contribution is 5.76. The van der Waals surface area contributed by atoms with Gasteiger partial charge in [-0.15, -0.1) is 6.58 Å². The van der Waals surface area contributed by atoms with Crippen LogP contribution < -0.4 is 5.32 Å². The Morgan fingerprint density at radius 3 is 2.16 bits per heavy atom. The van der Waals surface area contributed by atoms with Gasteiger partial charge in [-0.05, 0) is 41.0 Å². The maximum Gasteiger partial charge on any atom is 0.318 e. The molecule has 5 heteroatoms. The molecule has 0 aliphatic carbocycles. The molecule has 0 saturated heterocycles. The number of nitrogens with zero attached hydrogens (tertiary/aromatic N) is 1. The van der Waals surface area contributed by atoms with Gasteiger partial charge in [0.2, 0.25) is 0 Å². The van der Waals surface area contributed by atoms with Gasteiger partial charge in [-0.1, -0.05) is 6.08 Å². The third-order valence-corrected chi connectivity index (χ3v) is 2.78. The van der Waals surface area contributed by atoms with Crippen LogP contribution in [0.4, 0.5) is 4.79 Å². The highest BCUT2D eigenvalue weighted by atomic mass is 16.4. The van der Waals surface area contributed by atoms with Crippen LogP contribution in [0.15, 0.2) is 12.7 Å². The Balaban J connectivity index is 4.71. The fraction of sp³-hybridized carbons (Fsp3) is 0.714. The first-order chi connectivity index (χ1) is 8.49. The van der Waals surface area contributed by atoms with Crippen LogP contribution in [0.5, 0.6) is 0 Å². The van der Waals surface area contributed by atoms with Crippen LogP contribution in [-0.2, 0) is 4.79 Å². The lowest BCUT2D eigenvalue weighted by Gasteiger charge is -2.38. The zero-order valence-corrected chi connectivity index (χ0v) is 12.6. The Kier molecular flexibility index (Phi) is 6.06. The summed E-state index contributed by atoms with van der Waals surface area (Å²) in [6.45, 7) is 13.6. The van der Waals surface area contributed by atoms with E-state index < -0.39 is 11.5 Å². The molecule has 110 valence electrons. The van der Waals surface area contributed by atoms with E-state index in [1.165, 1.54) is 0 Å². The highest BCUT2D eigenvalue weighted by Gasteiger charge is 2.29. The van der Waals surface area contributed by atoms with E-state index in [2.05, 4.69) is 11.9 Å². The molecular formula is C14H26N2O3. The Bertz CT molecular complexity index is 343. The molecule has 0 aromatic heterocycles. The second-order valence-corrected chi connectivity index (χ2v) is 6.28. The minimum absolute atomic E-state index is 0.0320. The molecule has 0 spiro atoms. The summed E-state index contributed by atoms with van der Waals surface area (Å²) in [5, 5.41) is 11.6. The summed E-state index contributed by atoms with van der Waals surface area (Å²) in [7, 11) is 0. The lowest BCUT2D eigenvalue weighted by molar-refractivity contribution is -0.137. The van der Waals surface area contributed by atoms with Gasteiger partial charge < -0.3 is 15.3 Å². The lowest BCUT2D eigenvalue weighted by Crippen LogP contribution is -2.55. The summed E-state index contributed by atoms with van der Waals surface area (Å²) in [4.78, 5) is 24.5. The van der Waals surface area contributed by atoms with Crippen LogP contribution >= 0.6 is 0 Å². The van der Waals surface area contributed by atoms with E-state index in [9.17, 15) is 9.59 Å². The van der Waals surface area contributed by atoms with Crippen molar-refractivity contribution in [1.29, 1.82) is 0 Å². The van der Waals surface area contributed by atoms with E-state index >= 15 is 0 Å². The van der Waals surface area contributed by atoms with Crippen molar-refractivity contribution in [2.75, 3.05) is 6.54 Å². The molecule has 0 saturated carbocycles. The number of carbonyl (C=O) groups excluding carboxylic acids is 1. The lowest BCUT2D eigenvalue weighted by atomic mass is 9.98. The molecule has 5 nitrogen and oxygen atoms in total. The summed E-state index contributed by atoms with van der Waals surface area (Å²) >= 11 is 0. The quantitative estimate of drug-likeness (QED) is 0.729. The summed E-state index contributed by atoms with van der Waals surface area (Å²) in [5.74, 6) is -0.860. The topological polar surface area (TPSA) is 69.6 Å². The van der Waals surface area contributed by atoms with Crippen LogP contribution in [0.25, 0.3) is 0 Å². The van der Waals surface area contributed by atoms with Crippen LogP contribution in [0, 0.1) is 0 Å². The molecule has 0 radical (unpaired) electrons. The normalized spacial score (nSPS) is 11.8. The first kappa shape index (κ1) is 17.5. The van der Waals surface area contributed by atoms with Crippen LogP contribution in [0.2, 0.25) is 0 Å². The summed E-state index contributed by atoms with van der Waals surface area (Å²) < 4.78 is 0. The smallest absolute Gasteiger partial charge is 0.318 e. The van der Waals surface area contributed by atoms with Gasteiger partial charge >= 0.3 is 12.0 Å². The molecule has 0 atom stereocenters. The van der Waals surface area contributed by atoms with E-state index in [0.717, 1.165) is 0 Å². The highest BCUT2D eigenvalue weighted by Crippen LogP contribution is 2.17. The monoisotopic (exact) mass is 270 g/mol. The van der Waals surface area contributed by atoms with E-state index in [0.29, 0.717) is 13.0 Å². The predicted molar refractivity (Wildman–Crippen MR) is 76.1 cm³/mol. The Hall–Kier alpha value is -1.52. The maximum absolute atomic E-state index is 12.3. The summed E-state index contributed by atoms with van der Waals surface area (Å²) in [6, 6.07) is -0.206. The SMILES string of the molecule is C=CCN(C(=O)NC(C)(C)CCC(=O)O)C(C)(C)C. The number of rotatable bonds is 6. The molecule has 19 heavy (non-hydrogen) atoms. The van der Waals surface area contributed by atoms with Crippen molar-refractivity contribution in [2.45, 2.75) is 58.5 Å². The van der Waals surface area contributed by atoms with Gasteiger partial charge in [0.05, 0.1) is 0 Å². The van der Waals surface area contributed by atoms with Gasteiger partial charge in [-0.2, -0.15) is 0 Å². The number of urea groups is 1. The van der Waals surface area contributed by atoms with Gasteiger partial charge in [-0.3, -0.25) is 4.79 Å². The van der Waals surface area contributed by atoms with Crippen LogP contribution in [0.3, 0.4) is 0 Å². The first-order valence-electron chi connectivity index (χ1n) is 6.42. The Morgan fingerprint density at radius 2 is 1.79 bits per heavy atom. The standard InChI is InChI=1S/C14H26N2O3/c1-7-10-16(13(2,3)4)12(19)15-14(5,6)9-8-11(17)18/h7H,1,8-10H2,2-6H3,(H,15,19)(H,17,18). The number of nitrogens with one attached hydrogen (secondary N) is 1. The van der Waals surface area contributed by atoms with E-state index in [1.807, 2.05) is 34.6 Å². The molecule has 2 N–H and O–H groups in total. The van der Waals surface area contributed by atoms with E-state index in [-0.39, 0.29) is 18.0 Å². The number of carboxylic acid groups (broad SMARTS) is 1. The number of carbonyl (C=O) groups is 2. The fourth-order valence-electron chi connectivity index (χ4n) is 1.63. The Labute approximate surface area is 115 Å². The number of aliphatic carboxylic acids is 1. The fourth-order valence-corrected chi connectivity index (χ4v) is 1.63. The molecule has 0 aliphatic rings. The second-order valence-electron chi connectivity index (χ2n) is 6.28. The van der Waals surface area contributed by atoms with Gasteiger partial charge in [0.15, 0.2) is 0 Å². The van der Waals surface area contributed by atoms with Crippen molar-refractivity contribution in [3.63, 3.8) is 0 Å². The van der Waals surface area contributed by atoms with Gasteiger partial charge in [-0.25, -0.2) is 4.79 Å². The van der Waals surface area contributed by atoms with Crippen molar-refractivity contribution in [3.8, 4) is 0 Å². The third-order valence-electron chi connectivity index (χ3n) is 2.78. The molecule has 0 bridgehead atoms. The van der Waals surface area contributed by atoms with Crippen molar-refractivity contribution >= 4 is 12.0 Å². The molecule has 0 unspecified atom stereocenters. The van der Waals surface area contributed by atoms with Gasteiger partial charge in [0.25, 0.3) is 0 Å². The summed E-state index contributed by atoms with van der Waals surface area (Å²) in [5.41, 5.74) is -0.874. The van der Waals surface area contributed by atoms with Gasteiger partial charge in [0, 0.05) is 24.0 Å². The van der Waals surface area contributed by atoms with Crippen molar-refractivity contribution in [3.05, 3.63) is 12.7 Å². The minimum Gasteiger partial charge on any atom is -0.481 e. The average molecular weight is 270 g/mol. The number of hydrogen-bond acceptors (Lipinski definition) is 2. The van der Waals surface area contributed by atoms with Crippen LogP contribution in [0.1, 0.15) is 47.5 Å². The zero-order chi connectivity index (χ0) is 15.3. The maximum atomic E-state index is 12.3. The summed E-state index contributed by atoms with van der Waals surface area (Å²) in [6.07, 6.45) is 2.10. The molecular weight excluding hydrogens is 244 g/mol. The molecule has 0 aliphatic heterocycles. The molecule has 0 heterocycles. The van der Waals surface area contributed by atoms with E-state index in [4.69, 9.17) is 5.11 Å². The second kappa shape index (κ2) is 6.59. The average Bonchev–Trinajstić information content (AvgIpc) is 2.20. The number of amides is 2. The molecule has 2 amide bonds.